The summed E-state index contributed by atoms with van der Waals surface area (Å²) < 4.78 is 11.8. The van der Waals surface area contributed by atoms with Crippen LogP contribution in [0.1, 0.15) is 12.8 Å². The highest BCUT2D eigenvalue weighted by molar-refractivity contribution is 9.10. The predicted octanol–water partition coefficient (Wildman–Crippen LogP) is 3.32. The second-order valence-corrected chi connectivity index (χ2v) is 6.59. The first-order valence-corrected chi connectivity index (χ1v) is 8.77. The van der Waals surface area contributed by atoms with Crippen molar-refractivity contribution in [3.05, 3.63) is 41.1 Å². The van der Waals surface area contributed by atoms with Crippen LogP contribution in [0, 0.1) is 0 Å². The maximum absolute atomic E-state index is 12.5. The van der Waals surface area contributed by atoms with Crippen molar-refractivity contribution in [2.45, 2.75) is 18.9 Å². The fourth-order valence-electron chi connectivity index (χ4n) is 2.63. The van der Waals surface area contributed by atoms with Crippen LogP contribution in [0.15, 0.2) is 41.1 Å². The van der Waals surface area contributed by atoms with Gasteiger partial charge in [-0.25, -0.2) is 14.8 Å². The largest absolute Gasteiger partial charge is 0.497 e. The fraction of sp³-hybridized carbons (Fsp3) is 0.353. The third-order valence-electron chi connectivity index (χ3n) is 3.86. The van der Waals surface area contributed by atoms with Crippen LogP contribution >= 0.6 is 15.9 Å². The molecule has 0 bridgehead atoms. The number of rotatable bonds is 4. The van der Waals surface area contributed by atoms with Crippen molar-refractivity contribution >= 4 is 27.6 Å². The van der Waals surface area contributed by atoms with Crippen LogP contribution in [0.5, 0.6) is 11.8 Å². The molecule has 1 fully saturated rings. The van der Waals surface area contributed by atoms with Gasteiger partial charge in [-0.1, -0.05) is 6.07 Å². The van der Waals surface area contributed by atoms with Crippen LogP contribution in [0.3, 0.4) is 0 Å². The Kier molecular flexibility index (Phi) is 5.70. The second-order valence-electron chi connectivity index (χ2n) is 5.67. The monoisotopic (exact) mass is 406 g/mol. The minimum Gasteiger partial charge on any atom is -0.497 e. The molecular formula is C17H19BrN4O3. The van der Waals surface area contributed by atoms with Crippen molar-refractivity contribution in [3.8, 4) is 11.8 Å². The zero-order valence-electron chi connectivity index (χ0n) is 13.8. The summed E-state index contributed by atoms with van der Waals surface area (Å²) in [5.74, 6) is 0.699. The van der Waals surface area contributed by atoms with E-state index < -0.39 is 0 Å². The number of halogens is 1. The summed E-state index contributed by atoms with van der Waals surface area (Å²) in [5, 5.41) is 2.89. The Morgan fingerprint density at radius 3 is 2.92 bits per heavy atom. The van der Waals surface area contributed by atoms with E-state index in [0.29, 0.717) is 30.5 Å². The fourth-order valence-corrected chi connectivity index (χ4v) is 2.84. The minimum absolute atomic E-state index is 0.119. The van der Waals surface area contributed by atoms with Crippen LogP contribution in [0.25, 0.3) is 0 Å². The molecule has 25 heavy (non-hydrogen) atoms. The normalized spacial score (nSPS) is 17.0. The van der Waals surface area contributed by atoms with Gasteiger partial charge < -0.3 is 19.7 Å². The number of piperidine rings is 1. The molecular weight excluding hydrogens is 388 g/mol. The summed E-state index contributed by atoms with van der Waals surface area (Å²) in [6, 6.07) is 7.45. The first kappa shape index (κ1) is 17.5. The van der Waals surface area contributed by atoms with Gasteiger partial charge in [0.2, 0.25) is 0 Å². The average molecular weight is 407 g/mol. The zero-order chi connectivity index (χ0) is 17.6. The number of ether oxygens (including phenoxy) is 2. The van der Waals surface area contributed by atoms with Gasteiger partial charge in [-0.05, 0) is 40.9 Å². The molecule has 1 aromatic heterocycles. The third kappa shape index (κ3) is 4.82. The summed E-state index contributed by atoms with van der Waals surface area (Å²) in [4.78, 5) is 22.5. The molecule has 0 spiro atoms. The highest BCUT2D eigenvalue weighted by atomic mass is 79.9. The lowest BCUT2D eigenvalue weighted by Gasteiger charge is -2.32. The number of anilines is 1. The Bertz CT molecular complexity index is 726. The zero-order valence-corrected chi connectivity index (χ0v) is 15.4. The molecule has 7 nitrogen and oxygen atoms in total. The number of nitrogens with one attached hydrogen (secondary N) is 1. The molecule has 2 aromatic rings. The van der Waals surface area contributed by atoms with E-state index in [1.165, 1.54) is 0 Å². The van der Waals surface area contributed by atoms with Crippen LogP contribution in [0.2, 0.25) is 0 Å². The summed E-state index contributed by atoms with van der Waals surface area (Å²) in [6.45, 7) is 1.19. The van der Waals surface area contributed by atoms with E-state index in [4.69, 9.17) is 9.47 Å². The van der Waals surface area contributed by atoms with Crippen LogP contribution in [-0.2, 0) is 0 Å². The molecule has 1 N–H and O–H groups in total. The minimum atomic E-state index is -0.154. The Labute approximate surface area is 154 Å². The Morgan fingerprint density at radius 2 is 2.16 bits per heavy atom. The maximum atomic E-state index is 12.5. The standard InChI is InChI=1S/C17H19BrN4O3/c1-24-14-5-2-4-13(8-14)21-17(23)22-7-3-6-15(11-22)25-16-19-9-12(18)10-20-16/h2,4-5,8-10,15H,3,6-7,11H2,1H3,(H,21,23). The lowest BCUT2D eigenvalue weighted by molar-refractivity contribution is 0.0982. The number of carbonyl (C=O) groups excluding carboxylic acids is 1. The number of hydrogen-bond donors (Lipinski definition) is 1. The molecule has 0 saturated carbocycles. The highest BCUT2D eigenvalue weighted by Gasteiger charge is 2.25. The summed E-state index contributed by atoms with van der Waals surface area (Å²) >= 11 is 3.29. The molecule has 3 rings (SSSR count). The number of likely N-dealkylation sites (tertiary alicyclic amines) is 1. The average Bonchev–Trinajstić information content (AvgIpc) is 2.64. The van der Waals surface area contributed by atoms with Crippen molar-refractivity contribution in [2.24, 2.45) is 0 Å². The van der Waals surface area contributed by atoms with E-state index in [2.05, 4.69) is 31.2 Å². The Morgan fingerprint density at radius 1 is 1.36 bits per heavy atom. The molecule has 2 heterocycles. The van der Waals surface area contributed by atoms with Gasteiger partial charge in [0, 0.05) is 30.7 Å². The molecule has 1 aliphatic rings. The van der Waals surface area contributed by atoms with E-state index in [-0.39, 0.29) is 12.1 Å². The van der Waals surface area contributed by atoms with Crippen LogP contribution < -0.4 is 14.8 Å². The van der Waals surface area contributed by atoms with Crippen molar-refractivity contribution in [1.82, 2.24) is 14.9 Å². The molecule has 1 saturated heterocycles. The lowest BCUT2D eigenvalue weighted by Crippen LogP contribution is -2.46. The van der Waals surface area contributed by atoms with Gasteiger partial charge in [-0.3, -0.25) is 0 Å². The topological polar surface area (TPSA) is 76.6 Å². The van der Waals surface area contributed by atoms with Crippen molar-refractivity contribution < 1.29 is 14.3 Å². The number of hydrogen-bond acceptors (Lipinski definition) is 5. The number of carbonyl (C=O) groups is 1. The number of methoxy groups -OCH3 is 1. The highest BCUT2D eigenvalue weighted by Crippen LogP contribution is 2.20. The quantitative estimate of drug-likeness (QED) is 0.842. The molecule has 0 aliphatic carbocycles. The molecule has 2 amide bonds. The van der Waals surface area contributed by atoms with Gasteiger partial charge in [0.15, 0.2) is 0 Å². The second kappa shape index (κ2) is 8.15. The van der Waals surface area contributed by atoms with Gasteiger partial charge in [0.1, 0.15) is 11.9 Å². The van der Waals surface area contributed by atoms with E-state index in [1.807, 2.05) is 18.2 Å². The summed E-state index contributed by atoms with van der Waals surface area (Å²) in [6.07, 6.45) is 4.89. The molecule has 1 atom stereocenters. The number of urea groups is 1. The van der Waals surface area contributed by atoms with Crippen molar-refractivity contribution in [1.29, 1.82) is 0 Å². The number of nitrogens with zero attached hydrogens (tertiary/aromatic N) is 3. The Hall–Kier alpha value is -2.35. The van der Waals surface area contributed by atoms with E-state index in [1.54, 1.807) is 30.5 Å². The lowest BCUT2D eigenvalue weighted by atomic mass is 10.1. The van der Waals surface area contributed by atoms with E-state index >= 15 is 0 Å². The smallest absolute Gasteiger partial charge is 0.321 e. The van der Waals surface area contributed by atoms with Crippen LogP contribution in [0.4, 0.5) is 10.5 Å². The van der Waals surface area contributed by atoms with Crippen molar-refractivity contribution in [3.63, 3.8) is 0 Å². The van der Waals surface area contributed by atoms with E-state index in [0.717, 1.165) is 17.3 Å². The molecule has 0 radical (unpaired) electrons. The first-order chi connectivity index (χ1) is 12.1. The van der Waals surface area contributed by atoms with Gasteiger partial charge in [0.05, 0.1) is 18.1 Å². The summed E-state index contributed by atoms with van der Waals surface area (Å²) in [5.41, 5.74) is 0.698. The number of amides is 2. The van der Waals surface area contributed by atoms with Crippen molar-refractivity contribution in [2.75, 3.05) is 25.5 Å². The number of aromatic nitrogens is 2. The first-order valence-electron chi connectivity index (χ1n) is 7.98. The third-order valence-corrected chi connectivity index (χ3v) is 4.26. The van der Waals surface area contributed by atoms with E-state index in [9.17, 15) is 4.79 Å². The van der Waals surface area contributed by atoms with Gasteiger partial charge in [0.25, 0.3) is 0 Å². The molecule has 1 aliphatic heterocycles. The van der Waals surface area contributed by atoms with Crippen LogP contribution in [-0.4, -0.2) is 47.2 Å². The predicted molar refractivity (Wildman–Crippen MR) is 97.0 cm³/mol. The SMILES string of the molecule is COc1cccc(NC(=O)N2CCCC(Oc3ncc(Br)cn3)C2)c1. The molecule has 8 heteroatoms. The van der Waals surface area contributed by atoms with Gasteiger partial charge in [-0.2, -0.15) is 0 Å². The molecule has 132 valence electrons. The number of benzene rings is 1. The van der Waals surface area contributed by atoms with Gasteiger partial charge >= 0.3 is 12.0 Å². The summed E-state index contributed by atoms with van der Waals surface area (Å²) in [7, 11) is 1.59. The maximum Gasteiger partial charge on any atom is 0.321 e. The molecule has 1 aromatic carbocycles. The van der Waals surface area contributed by atoms with Gasteiger partial charge in [-0.15, -0.1) is 0 Å². The Balaban J connectivity index is 1.58. The molecule has 1 unspecified atom stereocenters.